The summed E-state index contributed by atoms with van der Waals surface area (Å²) in [4.78, 5) is 42.7. The first-order valence-electron chi connectivity index (χ1n) is 6.14. The van der Waals surface area contributed by atoms with Gasteiger partial charge in [0, 0.05) is 11.6 Å². The standard InChI is InChI=1S/C14H9NO4.CH2O3/c16-13(10-6-2-1-3-7-10)14(17)11-8-4-5-9-12(11)15(18)19;2-1(3)4/h1-9H;(H2,2,3,4). The van der Waals surface area contributed by atoms with Gasteiger partial charge in [0.2, 0.25) is 11.6 Å². The van der Waals surface area contributed by atoms with Crippen LogP contribution in [0.25, 0.3) is 0 Å². The van der Waals surface area contributed by atoms with Crippen molar-refractivity contribution < 1.29 is 29.5 Å². The van der Waals surface area contributed by atoms with E-state index >= 15 is 0 Å². The zero-order chi connectivity index (χ0) is 17.4. The van der Waals surface area contributed by atoms with Crippen molar-refractivity contribution in [3.63, 3.8) is 0 Å². The van der Waals surface area contributed by atoms with E-state index < -0.39 is 22.6 Å². The van der Waals surface area contributed by atoms with Gasteiger partial charge in [-0.3, -0.25) is 19.7 Å². The number of nitrogens with zero attached hydrogens (tertiary/aromatic N) is 1. The number of rotatable bonds is 4. The van der Waals surface area contributed by atoms with Crippen molar-refractivity contribution in [1.82, 2.24) is 0 Å². The molecule has 0 saturated carbocycles. The van der Waals surface area contributed by atoms with Gasteiger partial charge in [0.15, 0.2) is 0 Å². The average molecular weight is 317 g/mol. The van der Waals surface area contributed by atoms with Crippen LogP contribution in [0, 0.1) is 10.1 Å². The molecule has 23 heavy (non-hydrogen) atoms. The Balaban J connectivity index is 0.000000593. The van der Waals surface area contributed by atoms with Crippen LogP contribution < -0.4 is 0 Å². The minimum Gasteiger partial charge on any atom is -0.450 e. The lowest BCUT2D eigenvalue weighted by Crippen LogP contribution is -2.15. The SMILES string of the molecule is O=C(C(=O)c1ccccc1[N+](=O)[O-])c1ccccc1.O=C(O)O. The summed E-state index contributed by atoms with van der Waals surface area (Å²) in [5.74, 6) is -1.63. The molecule has 118 valence electrons. The summed E-state index contributed by atoms with van der Waals surface area (Å²) in [5.41, 5.74) is -0.344. The van der Waals surface area contributed by atoms with Crippen molar-refractivity contribution in [2.24, 2.45) is 0 Å². The lowest BCUT2D eigenvalue weighted by Gasteiger charge is -2.01. The Labute approximate surface area is 129 Å². The van der Waals surface area contributed by atoms with E-state index in [1.165, 1.54) is 36.4 Å². The number of benzene rings is 2. The van der Waals surface area contributed by atoms with Gasteiger partial charge in [-0.25, -0.2) is 4.79 Å². The molecule has 8 heteroatoms. The molecule has 0 aliphatic carbocycles. The molecule has 2 aromatic carbocycles. The second-order valence-electron chi connectivity index (χ2n) is 4.08. The van der Waals surface area contributed by atoms with E-state index in [-0.39, 0.29) is 16.8 Å². The quantitative estimate of drug-likeness (QED) is 0.383. The summed E-state index contributed by atoms with van der Waals surface area (Å²) in [5, 5.41) is 24.8. The van der Waals surface area contributed by atoms with E-state index in [1.54, 1.807) is 18.2 Å². The minimum absolute atomic E-state index is 0.193. The Hall–Kier alpha value is -3.55. The van der Waals surface area contributed by atoms with Gasteiger partial charge in [-0.2, -0.15) is 0 Å². The predicted octanol–water partition coefficient (Wildman–Crippen LogP) is 2.88. The summed E-state index contributed by atoms with van der Waals surface area (Å²) in [6.07, 6.45) is -1.83. The first kappa shape index (κ1) is 17.5. The number of Topliss-reactive ketones (excluding diaryl/α,β-unsaturated/α-hetero) is 2. The number of carbonyl (C=O) groups is 3. The second kappa shape index (κ2) is 8.03. The maximum absolute atomic E-state index is 12.0. The van der Waals surface area contributed by atoms with Crippen LogP contribution >= 0.6 is 0 Å². The highest BCUT2D eigenvalue weighted by atomic mass is 16.6. The summed E-state index contributed by atoms with van der Waals surface area (Å²) >= 11 is 0. The number of nitro benzene ring substituents is 1. The van der Waals surface area contributed by atoms with Crippen molar-refractivity contribution >= 4 is 23.4 Å². The Morgan fingerprint density at radius 3 is 1.83 bits per heavy atom. The molecule has 0 aromatic heterocycles. The molecule has 0 atom stereocenters. The lowest BCUT2D eigenvalue weighted by atomic mass is 10.0. The van der Waals surface area contributed by atoms with E-state index in [9.17, 15) is 19.7 Å². The smallest absolute Gasteiger partial charge is 0.450 e. The van der Waals surface area contributed by atoms with E-state index in [4.69, 9.17) is 15.0 Å². The van der Waals surface area contributed by atoms with Crippen molar-refractivity contribution in [3.8, 4) is 0 Å². The first-order valence-corrected chi connectivity index (χ1v) is 6.14. The first-order chi connectivity index (χ1) is 10.8. The van der Waals surface area contributed by atoms with Crippen LogP contribution in [0.5, 0.6) is 0 Å². The van der Waals surface area contributed by atoms with E-state index in [0.29, 0.717) is 0 Å². The molecule has 2 rings (SSSR count). The van der Waals surface area contributed by atoms with Crippen LogP contribution in [0.4, 0.5) is 10.5 Å². The molecule has 0 bridgehead atoms. The molecule has 0 amide bonds. The van der Waals surface area contributed by atoms with Gasteiger partial charge in [0.1, 0.15) is 5.56 Å². The van der Waals surface area contributed by atoms with Crippen LogP contribution in [0.1, 0.15) is 20.7 Å². The fourth-order valence-electron chi connectivity index (χ4n) is 1.67. The molecular formula is C15H11NO7. The third kappa shape index (κ3) is 5.05. The number of ketones is 2. The van der Waals surface area contributed by atoms with Crippen molar-refractivity contribution in [1.29, 1.82) is 0 Å². The van der Waals surface area contributed by atoms with Crippen LogP contribution in [0.2, 0.25) is 0 Å². The summed E-state index contributed by atoms with van der Waals surface area (Å²) in [7, 11) is 0. The summed E-state index contributed by atoms with van der Waals surface area (Å²) in [6.45, 7) is 0. The highest BCUT2D eigenvalue weighted by Crippen LogP contribution is 2.19. The highest BCUT2D eigenvalue weighted by molar-refractivity contribution is 6.49. The van der Waals surface area contributed by atoms with Crippen LogP contribution in [-0.2, 0) is 0 Å². The number of carboxylic acid groups (broad SMARTS) is 2. The van der Waals surface area contributed by atoms with Gasteiger partial charge < -0.3 is 10.2 Å². The molecule has 0 saturated heterocycles. The van der Waals surface area contributed by atoms with Gasteiger partial charge in [0.25, 0.3) is 5.69 Å². The van der Waals surface area contributed by atoms with Gasteiger partial charge in [-0.1, -0.05) is 42.5 Å². The molecule has 0 radical (unpaired) electrons. The predicted molar refractivity (Wildman–Crippen MR) is 78.9 cm³/mol. The molecule has 0 unspecified atom stereocenters. The van der Waals surface area contributed by atoms with Crippen LogP contribution in [0.3, 0.4) is 0 Å². The van der Waals surface area contributed by atoms with E-state index in [1.807, 2.05) is 0 Å². The Morgan fingerprint density at radius 1 is 0.826 bits per heavy atom. The number of hydrogen-bond donors (Lipinski definition) is 2. The maximum atomic E-state index is 12.0. The summed E-state index contributed by atoms with van der Waals surface area (Å²) < 4.78 is 0. The number of carbonyl (C=O) groups excluding carboxylic acids is 2. The van der Waals surface area contributed by atoms with E-state index in [2.05, 4.69) is 0 Å². The highest BCUT2D eigenvalue weighted by Gasteiger charge is 2.25. The Bertz CT molecular complexity index is 737. The molecule has 0 heterocycles. The Kier molecular flexibility index (Phi) is 6.11. The number of nitro groups is 1. The molecule has 8 nitrogen and oxygen atoms in total. The maximum Gasteiger partial charge on any atom is 0.503 e. The third-order valence-corrected chi connectivity index (χ3v) is 2.59. The number of hydrogen-bond acceptors (Lipinski definition) is 5. The normalized spacial score (nSPS) is 9.22. The topological polar surface area (TPSA) is 135 Å². The molecule has 0 aliphatic rings. The van der Waals surface area contributed by atoms with E-state index in [0.717, 1.165) is 0 Å². The summed E-state index contributed by atoms with van der Waals surface area (Å²) in [6, 6.07) is 13.4. The molecule has 2 N–H and O–H groups in total. The zero-order valence-electron chi connectivity index (χ0n) is 11.6. The monoisotopic (exact) mass is 317 g/mol. The minimum atomic E-state index is -1.83. The fourth-order valence-corrected chi connectivity index (χ4v) is 1.67. The van der Waals surface area contributed by atoms with Crippen molar-refractivity contribution in [2.45, 2.75) is 0 Å². The average Bonchev–Trinajstić information content (AvgIpc) is 2.53. The van der Waals surface area contributed by atoms with Gasteiger partial charge >= 0.3 is 6.16 Å². The van der Waals surface area contributed by atoms with Crippen molar-refractivity contribution in [2.75, 3.05) is 0 Å². The largest absolute Gasteiger partial charge is 0.503 e. The van der Waals surface area contributed by atoms with Crippen LogP contribution in [0.15, 0.2) is 54.6 Å². The second-order valence-corrected chi connectivity index (χ2v) is 4.08. The Morgan fingerprint density at radius 2 is 1.30 bits per heavy atom. The molecule has 0 fully saturated rings. The zero-order valence-corrected chi connectivity index (χ0v) is 11.6. The molecule has 0 spiro atoms. The third-order valence-electron chi connectivity index (χ3n) is 2.59. The van der Waals surface area contributed by atoms with Crippen LogP contribution in [-0.4, -0.2) is 32.9 Å². The fraction of sp³-hybridized carbons (Fsp3) is 0. The molecule has 0 aliphatic heterocycles. The van der Waals surface area contributed by atoms with Gasteiger partial charge in [-0.05, 0) is 6.07 Å². The van der Waals surface area contributed by atoms with Gasteiger partial charge in [0.05, 0.1) is 4.92 Å². The number of para-hydroxylation sites is 1. The lowest BCUT2D eigenvalue weighted by molar-refractivity contribution is -0.385. The molecule has 2 aromatic rings. The van der Waals surface area contributed by atoms with Gasteiger partial charge in [-0.15, -0.1) is 0 Å². The van der Waals surface area contributed by atoms with Crippen molar-refractivity contribution in [3.05, 3.63) is 75.8 Å². The molecular weight excluding hydrogens is 306 g/mol.